The SMILES string of the molecule is C[C@@H](NCC1CN(c2cc(C(=O)O)cc(C(C)(C)C)c2)CCO1)c1cccc2ccccc12. The van der Waals surface area contributed by atoms with E-state index in [0.717, 1.165) is 30.9 Å². The number of aromatic carboxylic acids is 1. The first-order valence-corrected chi connectivity index (χ1v) is 11.7. The van der Waals surface area contributed by atoms with Crippen molar-refractivity contribution in [2.75, 3.05) is 31.1 Å². The molecule has 0 bridgehead atoms. The number of carboxylic acids is 1. The zero-order valence-electron chi connectivity index (χ0n) is 20.0. The third-order valence-corrected chi connectivity index (χ3v) is 6.48. The van der Waals surface area contributed by atoms with Gasteiger partial charge in [0.2, 0.25) is 0 Å². The molecule has 1 unspecified atom stereocenters. The maximum absolute atomic E-state index is 11.7. The molecule has 5 heteroatoms. The fraction of sp³-hybridized carbons (Fsp3) is 0.393. The second-order valence-electron chi connectivity index (χ2n) is 9.96. The number of morpholine rings is 1. The van der Waals surface area contributed by atoms with Crippen LogP contribution in [-0.2, 0) is 10.2 Å². The van der Waals surface area contributed by atoms with Crippen molar-refractivity contribution in [1.82, 2.24) is 5.32 Å². The first kappa shape index (κ1) is 23.3. The van der Waals surface area contributed by atoms with Crippen LogP contribution in [0.15, 0.2) is 60.7 Å². The molecule has 0 spiro atoms. The van der Waals surface area contributed by atoms with Gasteiger partial charge in [-0.05, 0) is 52.4 Å². The van der Waals surface area contributed by atoms with Crippen molar-refractivity contribution in [1.29, 1.82) is 0 Å². The summed E-state index contributed by atoms with van der Waals surface area (Å²) >= 11 is 0. The maximum Gasteiger partial charge on any atom is 0.335 e. The summed E-state index contributed by atoms with van der Waals surface area (Å²) in [6, 6.07) is 20.8. The van der Waals surface area contributed by atoms with Crippen LogP contribution in [0.4, 0.5) is 5.69 Å². The van der Waals surface area contributed by atoms with Crippen LogP contribution in [0.2, 0.25) is 0 Å². The Bertz CT molecular complexity index is 1130. The van der Waals surface area contributed by atoms with Gasteiger partial charge in [0.25, 0.3) is 0 Å². The summed E-state index contributed by atoms with van der Waals surface area (Å²) in [4.78, 5) is 14.0. The van der Waals surface area contributed by atoms with Crippen molar-refractivity contribution in [3.63, 3.8) is 0 Å². The van der Waals surface area contributed by atoms with Crippen LogP contribution in [0, 0.1) is 0 Å². The molecular formula is C28H34N2O3. The maximum atomic E-state index is 11.7. The summed E-state index contributed by atoms with van der Waals surface area (Å²) < 4.78 is 6.06. The molecule has 1 aliphatic heterocycles. The van der Waals surface area contributed by atoms with Crippen LogP contribution in [0.5, 0.6) is 0 Å². The Labute approximate surface area is 196 Å². The van der Waals surface area contributed by atoms with E-state index < -0.39 is 5.97 Å². The van der Waals surface area contributed by atoms with Gasteiger partial charge in [-0.3, -0.25) is 0 Å². The zero-order valence-corrected chi connectivity index (χ0v) is 20.0. The molecule has 0 amide bonds. The highest BCUT2D eigenvalue weighted by Gasteiger charge is 2.24. The van der Waals surface area contributed by atoms with Crippen LogP contribution in [0.1, 0.15) is 55.2 Å². The average Bonchev–Trinajstić information content (AvgIpc) is 2.81. The molecule has 5 nitrogen and oxygen atoms in total. The van der Waals surface area contributed by atoms with E-state index in [1.807, 2.05) is 0 Å². The molecule has 33 heavy (non-hydrogen) atoms. The Balaban J connectivity index is 1.47. The van der Waals surface area contributed by atoms with Crippen molar-refractivity contribution >= 4 is 22.4 Å². The fourth-order valence-electron chi connectivity index (χ4n) is 4.47. The van der Waals surface area contributed by atoms with Gasteiger partial charge >= 0.3 is 5.97 Å². The number of fused-ring (bicyclic) bond motifs is 1. The normalized spacial score (nSPS) is 17.8. The smallest absolute Gasteiger partial charge is 0.335 e. The number of carbonyl (C=O) groups is 1. The Hall–Kier alpha value is -2.89. The Morgan fingerprint density at radius 2 is 1.91 bits per heavy atom. The van der Waals surface area contributed by atoms with Gasteiger partial charge in [0.05, 0.1) is 18.3 Å². The fourth-order valence-corrected chi connectivity index (χ4v) is 4.47. The summed E-state index contributed by atoms with van der Waals surface area (Å²) in [7, 11) is 0. The highest BCUT2D eigenvalue weighted by atomic mass is 16.5. The largest absolute Gasteiger partial charge is 0.478 e. The van der Waals surface area contributed by atoms with Gasteiger partial charge in [0.15, 0.2) is 0 Å². The number of nitrogens with one attached hydrogen (secondary N) is 1. The van der Waals surface area contributed by atoms with E-state index >= 15 is 0 Å². The number of nitrogens with zero attached hydrogens (tertiary/aromatic N) is 1. The molecule has 1 aliphatic rings. The Kier molecular flexibility index (Phi) is 6.73. The zero-order chi connectivity index (χ0) is 23.6. The number of benzene rings is 3. The van der Waals surface area contributed by atoms with Crippen molar-refractivity contribution in [3.05, 3.63) is 77.4 Å². The molecule has 0 radical (unpaired) electrons. The minimum Gasteiger partial charge on any atom is -0.478 e. The van der Waals surface area contributed by atoms with Crippen LogP contribution < -0.4 is 10.2 Å². The van der Waals surface area contributed by atoms with Crippen molar-refractivity contribution in [2.45, 2.75) is 45.3 Å². The highest BCUT2D eigenvalue weighted by Crippen LogP contribution is 2.30. The molecule has 1 saturated heterocycles. The van der Waals surface area contributed by atoms with E-state index in [1.54, 1.807) is 12.1 Å². The van der Waals surface area contributed by atoms with Crippen LogP contribution in [0.25, 0.3) is 10.8 Å². The molecule has 2 N–H and O–H groups in total. The third-order valence-electron chi connectivity index (χ3n) is 6.48. The van der Waals surface area contributed by atoms with Gasteiger partial charge in [0.1, 0.15) is 0 Å². The Morgan fingerprint density at radius 1 is 1.15 bits per heavy atom. The molecule has 2 atom stereocenters. The number of rotatable bonds is 6. The van der Waals surface area contributed by atoms with E-state index in [-0.39, 0.29) is 17.6 Å². The first-order chi connectivity index (χ1) is 15.7. The van der Waals surface area contributed by atoms with Crippen LogP contribution in [-0.4, -0.2) is 43.4 Å². The lowest BCUT2D eigenvalue weighted by atomic mass is 9.85. The monoisotopic (exact) mass is 446 g/mol. The molecule has 1 heterocycles. The van der Waals surface area contributed by atoms with E-state index in [2.05, 4.69) is 86.4 Å². The average molecular weight is 447 g/mol. The predicted octanol–water partition coefficient (Wildman–Crippen LogP) is 5.39. The molecule has 0 saturated carbocycles. The van der Waals surface area contributed by atoms with Crippen LogP contribution >= 0.6 is 0 Å². The first-order valence-electron chi connectivity index (χ1n) is 11.7. The summed E-state index contributed by atoms with van der Waals surface area (Å²) in [5.74, 6) is -0.891. The molecule has 0 aromatic heterocycles. The summed E-state index contributed by atoms with van der Waals surface area (Å²) in [5, 5.41) is 15.8. The van der Waals surface area contributed by atoms with E-state index in [9.17, 15) is 9.90 Å². The third kappa shape index (κ3) is 5.37. The quantitative estimate of drug-likeness (QED) is 0.531. The van der Waals surface area contributed by atoms with Crippen molar-refractivity contribution in [3.8, 4) is 0 Å². The minimum absolute atomic E-state index is 0.0303. The second kappa shape index (κ2) is 9.54. The second-order valence-corrected chi connectivity index (χ2v) is 9.96. The van der Waals surface area contributed by atoms with Crippen molar-refractivity contribution in [2.24, 2.45) is 0 Å². The molecule has 3 aromatic rings. The van der Waals surface area contributed by atoms with Gasteiger partial charge in [0, 0.05) is 31.4 Å². The number of anilines is 1. The summed E-state index contributed by atoms with van der Waals surface area (Å²) in [5.41, 5.74) is 3.48. The summed E-state index contributed by atoms with van der Waals surface area (Å²) in [6.07, 6.45) is 0.0303. The van der Waals surface area contributed by atoms with E-state index in [0.29, 0.717) is 12.2 Å². The predicted molar refractivity (Wildman–Crippen MR) is 134 cm³/mol. The van der Waals surface area contributed by atoms with Gasteiger partial charge in [-0.15, -0.1) is 0 Å². The lowest BCUT2D eigenvalue weighted by Gasteiger charge is -2.36. The molecule has 0 aliphatic carbocycles. The van der Waals surface area contributed by atoms with E-state index in [4.69, 9.17) is 4.74 Å². The number of carboxylic acid groups (broad SMARTS) is 1. The van der Waals surface area contributed by atoms with Crippen molar-refractivity contribution < 1.29 is 14.6 Å². The molecule has 4 rings (SSSR count). The molecule has 3 aromatic carbocycles. The van der Waals surface area contributed by atoms with Gasteiger partial charge in [-0.1, -0.05) is 63.2 Å². The van der Waals surface area contributed by atoms with Gasteiger partial charge in [-0.25, -0.2) is 4.79 Å². The van der Waals surface area contributed by atoms with Crippen LogP contribution in [0.3, 0.4) is 0 Å². The lowest BCUT2D eigenvalue weighted by Crippen LogP contribution is -2.47. The number of ether oxygens (including phenoxy) is 1. The topological polar surface area (TPSA) is 61.8 Å². The highest BCUT2D eigenvalue weighted by molar-refractivity contribution is 5.89. The standard InChI is InChI=1S/C28H34N2O3/c1-19(25-11-7-9-20-8-5-6-10-26(20)25)29-17-24-18-30(12-13-33-24)23-15-21(27(31)32)14-22(16-23)28(2,3)4/h5-11,14-16,19,24,29H,12-13,17-18H2,1-4H3,(H,31,32)/t19-,24?/m1/s1. The Morgan fingerprint density at radius 3 is 2.67 bits per heavy atom. The number of hydrogen-bond donors (Lipinski definition) is 2. The molecule has 1 fully saturated rings. The van der Waals surface area contributed by atoms with Gasteiger partial charge < -0.3 is 20.1 Å². The van der Waals surface area contributed by atoms with E-state index in [1.165, 1.54) is 16.3 Å². The van der Waals surface area contributed by atoms with Gasteiger partial charge in [-0.2, -0.15) is 0 Å². The number of hydrogen-bond acceptors (Lipinski definition) is 4. The minimum atomic E-state index is -0.891. The molecule has 174 valence electrons. The molecular weight excluding hydrogens is 412 g/mol. The lowest BCUT2D eigenvalue weighted by molar-refractivity contribution is 0.0394. The summed E-state index contributed by atoms with van der Waals surface area (Å²) in [6.45, 7) is 11.3.